The molecule has 0 saturated carbocycles. The molecule has 1 saturated heterocycles. The molecule has 3 heterocycles. The Morgan fingerprint density at radius 1 is 1.26 bits per heavy atom. The lowest BCUT2D eigenvalue weighted by Crippen LogP contribution is -2.29. The third kappa shape index (κ3) is 4.69. The number of benzene rings is 1. The fourth-order valence-corrected chi connectivity index (χ4v) is 5.99. The summed E-state index contributed by atoms with van der Waals surface area (Å²) in [5.74, 6) is 0.401. The molecule has 7 nitrogen and oxygen atoms in total. The molecule has 1 aliphatic rings. The average molecular weight is 540 g/mol. The van der Waals surface area contributed by atoms with Crippen molar-refractivity contribution in [3.8, 4) is 5.75 Å². The molecule has 11 heteroatoms. The van der Waals surface area contributed by atoms with Crippen LogP contribution >= 0.6 is 39.5 Å². The molecule has 0 radical (unpaired) electrons. The average Bonchev–Trinajstić information content (AvgIpc) is 3.30. The van der Waals surface area contributed by atoms with Crippen LogP contribution in [0.4, 0.5) is 11.4 Å². The first-order valence-corrected chi connectivity index (χ1v) is 13.1. The van der Waals surface area contributed by atoms with E-state index in [9.17, 15) is 8.42 Å². The van der Waals surface area contributed by atoms with Crippen LogP contribution in [-0.2, 0) is 10.0 Å². The van der Waals surface area contributed by atoms with Crippen LogP contribution in [0.15, 0.2) is 58.5 Å². The molecule has 2 atom stereocenters. The minimum absolute atomic E-state index is 0.142. The van der Waals surface area contributed by atoms with Crippen LogP contribution in [0.3, 0.4) is 0 Å². The highest BCUT2D eigenvalue weighted by atomic mass is 79.9. The van der Waals surface area contributed by atoms with Gasteiger partial charge >= 0.3 is 0 Å². The first-order chi connectivity index (χ1) is 14.8. The van der Waals surface area contributed by atoms with Gasteiger partial charge in [0.1, 0.15) is 5.75 Å². The number of halogens is 1. The van der Waals surface area contributed by atoms with E-state index in [4.69, 9.17) is 17.0 Å². The molecule has 0 bridgehead atoms. The number of aromatic nitrogens is 1. The third-order valence-corrected chi connectivity index (χ3v) is 7.34. The number of pyridine rings is 1. The number of thiocarbonyl (C=S) groups is 1. The van der Waals surface area contributed by atoms with Crippen molar-refractivity contribution < 1.29 is 13.2 Å². The number of anilines is 2. The maximum absolute atomic E-state index is 11.7. The highest BCUT2D eigenvalue weighted by Crippen LogP contribution is 2.45. The molecule has 3 aromatic rings. The molecule has 0 amide bonds. The smallest absolute Gasteiger partial charge is 0.229 e. The Hall–Kier alpha value is -2.21. The van der Waals surface area contributed by atoms with E-state index in [-0.39, 0.29) is 12.1 Å². The second-order valence-corrected chi connectivity index (χ2v) is 11.5. The van der Waals surface area contributed by atoms with E-state index in [0.717, 1.165) is 26.3 Å². The standard InChI is InChI=1S/C20H19BrN4O3S3/c1-28-15-11-12(6-7-13(15)24-31(2,26)27)25-19(16-8-9-17(21)30-16)18(23-20(25)29)14-5-3-4-10-22-14/h3-11,18-19,24H,1-2H3,(H,23,29)/t18-,19-/m0/s1. The van der Waals surface area contributed by atoms with Gasteiger partial charge in [-0.25, -0.2) is 8.42 Å². The van der Waals surface area contributed by atoms with Crippen molar-refractivity contribution in [3.05, 3.63) is 69.1 Å². The Morgan fingerprint density at radius 3 is 2.68 bits per heavy atom. The highest BCUT2D eigenvalue weighted by molar-refractivity contribution is 9.11. The second kappa shape index (κ2) is 8.73. The minimum Gasteiger partial charge on any atom is -0.494 e. The molecule has 2 aromatic heterocycles. The van der Waals surface area contributed by atoms with Gasteiger partial charge in [0, 0.05) is 22.8 Å². The zero-order chi connectivity index (χ0) is 22.2. The maximum atomic E-state index is 11.7. The van der Waals surface area contributed by atoms with Gasteiger partial charge in [0.25, 0.3) is 0 Å². The number of ether oxygens (including phenoxy) is 1. The fraction of sp³-hybridized carbons (Fsp3) is 0.200. The normalized spacial score (nSPS) is 18.7. The van der Waals surface area contributed by atoms with E-state index < -0.39 is 10.0 Å². The Balaban J connectivity index is 1.79. The van der Waals surface area contributed by atoms with Crippen molar-refractivity contribution in [3.63, 3.8) is 0 Å². The molecule has 1 aromatic carbocycles. The van der Waals surface area contributed by atoms with E-state index in [1.807, 2.05) is 35.2 Å². The van der Waals surface area contributed by atoms with Gasteiger partial charge < -0.3 is 15.0 Å². The summed E-state index contributed by atoms with van der Waals surface area (Å²) in [5, 5.41) is 3.95. The van der Waals surface area contributed by atoms with E-state index >= 15 is 0 Å². The van der Waals surface area contributed by atoms with Gasteiger partial charge in [-0.05, 0) is 64.5 Å². The van der Waals surface area contributed by atoms with Crippen LogP contribution < -0.4 is 19.7 Å². The molecule has 0 spiro atoms. The summed E-state index contributed by atoms with van der Waals surface area (Å²) in [7, 11) is -1.94. The lowest BCUT2D eigenvalue weighted by molar-refractivity contribution is 0.417. The summed E-state index contributed by atoms with van der Waals surface area (Å²) in [6, 6.07) is 14.8. The van der Waals surface area contributed by atoms with Gasteiger partial charge in [-0.15, -0.1) is 11.3 Å². The van der Waals surface area contributed by atoms with Crippen molar-refractivity contribution in [2.75, 3.05) is 23.0 Å². The molecule has 1 fully saturated rings. The van der Waals surface area contributed by atoms with Crippen molar-refractivity contribution in [2.24, 2.45) is 0 Å². The fourth-order valence-electron chi connectivity index (χ4n) is 3.52. The number of rotatable bonds is 6. The molecule has 4 rings (SSSR count). The molecular formula is C20H19BrN4O3S3. The summed E-state index contributed by atoms with van der Waals surface area (Å²) in [6.07, 6.45) is 2.86. The molecule has 31 heavy (non-hydrogen) atoms. The van der Waals surface area contributed by atoms with E-state index in [1.54, 1.807) is 29.7 Å². The number of methoxy groups -OCH3 is 1. The summed E-state index contributed by atoms with van der Waals surface area (Å²) in [5.41, 5.74) is 2.02. The van der Waals surface area contributed by atoms with E-state index in [0.29, 0.717) is 16.5 Å². The van der Waals surface area contributed by atoms with Gasteiger partial charge in [-0.1, -0.05) is 6.07 Å². The molecular weight excluding hydrogens is 520 g/mol. The molecule has 0 unspecified atom stereocenters. The molecule has 1 aliphatic heterocycles. The van der Waals surface area contributed by atoms with Crippen molar-refractivity contribution in [2.45, 2.75) is 12.1 Å². The van der Waals surface area contributed by atoms with Crippen LogP contribution in [0.2, 0.25) is 0 Å². The Morgan fingerprint density at radius 2 is 2.06 bits per heavy atom. The van der Waals surface area contributed by atoms with Gasteiger partial charge in [-0.3, -0.25) is 9.71 Å². The largest absolute Gasteiger partial charge is 0.494 e. The van der Waals surface area contributed by atoms with Gasteiger partial charge in [0.15, 0.2) is 5.11 Å². The number of sulfonamides is 1. The Labute approximate surface area is 198 Å². The lowest BCUT2D eigenvalue weighted by Gasteiger charge is -2.27. The number of nitrogens with zero attached hydrogens (tertiary/aromatic N) is 2. The second-order valence-electron chi connectivity index (χ2n) is 6.90. The predicted octanol–water partition coefficient (Wildman–Crippen LogP) is 4.46. The predicted molar refractivity (Wildman–Crippen MR) is 131 cm³/mol. The van der Waals surface area contributed by atoms with Crippen LogP contribution in [-0.4, -0.2) is 31.9 Å². The van der Waals surface area contributed by atoms with Crippen LogP contribution in [0, 0.1) is 0 Å². The molecule has 0 aliphatic carbocycles. The minimum atomic E-state index is -3.44. The first kappa shape index (κ1) is 22.0. The zero-order valence-corrected chi connectivity index (χ0v) is 20.6. The Kier molecular flexibility index (Phi) is 6.20. The Bertz CT molecular complexity index is 1220. The van der Waals surface area contributed by atoms with Crippen LogP contribution in [0.25, 0.3) is 0 Å². The zero-order valence-electron chi connectivity index (χ0n) is 16.6. The van der Waals surface area contributed by atoms with Crippen molar-refractivity contribution >= 4 is 66.0 Å². The van der Waals surface area contributed by atoms with Crippen molar-refractivity contribution in [1.82, 2.24) is 10.3 Å². The lowest BCUT2D eigenvalue weighted by atomic mass is 10.0. The van der Waals surface area contributed by atoms with Crippen molar-refractivity contribution in [1.29, 1.82) is 0 Å². The number of thiophene rings is 1. The van der Waals surface area contributed by atoms with Crippen LogP contribution in [0.5, 0.6) is 5.75 Å². The van der Waals surface area contributed by atoms with Gasteiger partial charge in [0.05, 0.1) is 40.6 Å². The monoisotopic (exact) mass is 538 g/mol. The van der Waals surface area contributed by atoms with E-state index in [2.05, 4.69) is 37.0 Å². The summed E-state index contributed by atoms with van der Waals surface area (Å²) >= 11 is 10.9. The summed E-state index contributed by atoms with van der Waals surface area (Å²) < 4.78 is 32.3. The highest BCUT2D eigenvalue weighted by Gasteiger charge is 2.41. The number of nitrogens with one attached hydrogen (secondary N) is 2. The molecule has 2 N–H and O–H groups in total. The molecule has 162 valence electrons. The number of hydrogen-bond donors (Lipinski definition) is 2. The third-order valence-electron chi connectivity index (χ3n) is 4.74. The number of hydrogen-bond acceptors (Lipinski definition) is 6. The first-order valence-electron chi connectivity index (χ1n) is 9.18. The van der Waals surface area contributed by atoms with Crippen LogP contribution in [0.1, 0.15) is 22.7 Å². The summed E-state index contributed by atoms with van der Waals surface area (Å²) in [6.45, 7) is 0. The SMILES string of the molecule is COc1cc(N2C(=S)N[C@@H](c3ccccn3)[C@@H]2c2ccc(Br)s2)ccc1NS(C)(=O)=O. The van der Waals surface area contributed by atoms with E-state index in [1.165, 1.54) is 7.11 Å². The topological polar surface area (TPSA) is 83.6 Å². The van der Waals surface area contributed by atoms with Gasteiger partial charge in [0.2, 0.25) is 10.0 Å². The maximum Gasteiger partial charge on any atom is 0.229 e. The summed E-state index contributed by atoms with van der Waals surface area (Å²) in [4.78, 5) is 7.65. The van der Waals surface area contributed by atoms with Gasteiger partial charge in [-0.2, -0.15) is 0 Å². The quantitative estimate of drug-likeness (QED) is 0.448.